The van der Waals surface area contributed by atoms with Gasteiger partial charge >= 0.3 is 23.8 Å². The number of carboxylic acids is 1. The van der Waals surface area contributed by atoms with Crippen LogP contribution in [0.2, 0.25) is 0 Å². The average molecular weight is 459 g/mol. The summed E-state index contributed by atoms with van der Waals surface area (Å²) in [5, 5.41) is 11.6. The summed E-state index contributed by atoms with van der Waals surface area (Å²) in [4.78, 5) is 47.2. The minimum absolute atomic E-state index is 0.0127. The number of ether oxygens (including phenoxy) is 3. The number of hydrogen-bond donors (Lipinski definition) is 3. The van der Waals surface area contributed by atoms with E-state index >= 15 is 0 Å². The summed E-state index contributed by atoms with van der Waals surface area (Å²) in [6.45, 7) is 5.69. The number of aromatic nitrogens is 4. The molecule has 0 saturated carbocycles. The molecule has 3 rings (SSSR count). The van der Waals surface area contributed by atoms with E-state index in [-0.39, 0.29) is 48.3 Å². The molecule has 0 radical (unpaired) electrons. The maximum absolute atomic E-state index is 12.7. The monoisotopic (exact) mass is 459 g/mol. The molecule has 0 saturated heterocycles. The molecule has 0 spiro atoms. The molecule has 0 aliphatic rings. The van der Waals surface area contributed by atoms with Gasteiger partial charge in [0.15, 0.2) is 11.5 Å². The van der Waals surface area contributed by atoms with Crippen LogP contribution in [0.5, 0.6) is 6.01 Å². The van der Waals surface area contributed by atoms with Crippen molar-refractivity contribution in [3.63, 3.8) is 0 Å². The molecule has 2 heterocycles. The topological polar surface area (TPSA) is 158 Å². The summed E-state index contributed by atoms with van der Waals surface area (Å²) in [5.41, 5.74) is -0.0592. The van der Waals surface area contributed by atoms with Crippen LogP contribution in [-0.4, -0.2) is 62.6 Å². The van der Waals surface area contributed by atoms with Gasteiger partial charge in [0.25, 0.3) is 0 Å². The molecule has 2 aromatic heterocycles. The smallest absolute Gasteiger partial charge is 0.413 e. The first-order valence-electron chi connectivity index (χ1n) is 10.0. The zero-order valence-electron chi connectivity index (χ0n) is 18.7. The predicted molar refractivity (Wildman–Crippen MR) is 118 cm³/mol. The van der Waals surface area contributed by atoms with Crippen LogP contribution in [0, 0.1) is 0 Å². The molecule has 0 aliphatic heterocycles. The summed E-state index contributed by atoms with van der Waals surface area (Å²) in [6, 6.07) is 6.03. The first-order chi connectivity index (χ1) is 15.6. The zero-order valence-corrected chi connectivity index (χ0v) is 18.7. The Labute approximate surface area is 188 Å². The van der Waals surface area contributed by atoms with Crippen LogP contribution >= 0.6 is 0 Å². The number of benzene rings is 1. The Kier molecular flexibility index (Phi) is 6.97. The third-order valence-corrected chi connectivity index (χ3v) is 4.28. The third kappa shape index (κ3) is 6.07. The fourth-order valence-corrected chi connectivity index (χ4v) is 2.86. The van der Waals surface area contributed by atoms with E-state index in [0.717, 1.165) is 0 Å². The van der Waals surface area contributed by atoms with Gasteiger partial charge in [0, 0.05) is 7.11 Å². The molecule has 3 N–H and O–H groups in total. The van der Waals surface area contributed by atoms with Gasteiger partial charge in [0.05, 0.1) is 18.7 Å². The molecule has 176 valence electrons. The summed E-state index contributed by atoms with van der Waals surface area (Å²) < 4.78 is 17.1. The molecule has 33 heavy (non-hydrogen) atoms. The van der Waals surface area contributed by atoms with Gasteiger partial charge in [0.1, 0.15) is 17.7 Å². The maximum atomic E-state index is 12.7. The number of methoxy groups -OCH3 is 1. The number of aromatic amines is 1. The number of nitrogens with zero attached hydrogens (tertiary/aromatic N) is 3. The molecule has 3 aromatic rings. The number of carbonyl (C=O) groups excluding carboxylic acids is 1. The molecular formula is C21H25N5O7. The van der Waals surface area contributed by atoms with Crippen molar-refractivity contribution in [2.75, 3.05) is 25.6 Å². The van der Waals surface area contributed by atoms with E-state index in [1.165, 1.54) is 23.8 Å². The SMILES string of the molecule is COCCOc1nc(NC(=O)OC(C)(C)C)c2[nH]c(=O)n(Cc3ccc(C(=O)O)cc3)c2n1. The summed E-state index contributed by atoms with van der Waals surface area (Å²) >= 11 is 0. The molecule has 12 heteroatoms. The second-order valence-corrected chi connectivity index (χ2v) is 8.04. The number of carboxylic acid groups (broad SMARTS) is 1. The van der Waals surface area contributed by atoms with Gasteiger partial charge in [-0.05, 0) is 38.5 Å². The first-order valence-corrected chi connectivity index (χ1v) is 10.0. The number of hydrogen-bond acceptors (Lipinski definition) is 8. The highest BCUT2D eigenvalue weighted by molar-refractivity contribution is 5.93. The van der Waals surface area contributed by atoms with Gasteiger partial charge in [-0.1, -0.05) is 12.1 Å². The quantitative estimate of drug-likeness (QED) is 0.430. The number of aromatic carboxylic acids is 1. The van der Waals surface area contributed by atoms with E-state index in [1.807, 2.05) is 0 Å². The third-order valence-electron chi connectivity index (χ3n) is 4.28. The lowest BCUT2D eigenvalue weighted by Crippen LogP contribution is -2.27. The zero-order chi connectivity index (χ0) is 24.2. The first kappa shape index (κ1) is 23.7. The highest BCUT2D eigenvalue weighted by atomic mass is 16.6. The fraction of sp³-hybridized carbons (Fsp3) is 0.381. The van der Waals surface area contributed by atoms with Crippen molar-refractivity contribution in [2.45, 2.75) is 32.9 Å². The highest BCUT2D eigenvalue weighted by Crippen LogP contribution is 2.22. The molecule has 0 fully saturated rings. The summed E-state index contributed by atoms with van der Waals surface area (Å²) in [7, 11) is 1.52. The van der Waals surface area contributed by atoms with Crippen molar-refractivity contribution in [2.24, 2.45) is 0 Å². The van der Waals surface area contributed by atoms with Crippen LogP contribution in [-0.2, 0) is 16.0 Å². The lowest BCUT2D eigenvalue weighted by molar-refractivity contribution is 0.0633. The molecular weight excluding hydrogens is 434 g/mol. The van der Waals surface area contributed by atoms with Crippen molar-refractivity contribution in [3.8, 4) is 6.01 Å². The number of amides is 1. The van der Waals surface area contributed by atoms with Crippen molar-refractivity contribution in [1.82, 2.24) is 19.5 Å². The molecule has 1 amide bonds. The van der Waals surface area contributed by atoms with Crippen LogP contribution in [0.3, 0.4) is 0 Å². The number of imidazole rings is 1. The van der Waals surface area contributed by atoms with Crippen molar-refractivity contribution >= 4 is 29.0 Å². The fourth-order valence-electron chi connectivity index (χ4n) is 2.86. The lowest BCUT2D eigenvalue weighted by Gasteiger charge is -2.19. The van der Waals surface area contributed by atoms with Gasteiger partial charge < -0.3 is 24.3 Å². The Bertz CT molecular complexity index is 1210. The number of fused-ring (bicyclic) bond motifs is 1. The molecule has 12 nitrogen and oxygen atoms in total. The van der Waals surface area contributed by atoms with Gasteiger partial charge in [0.2, 0.25) is 0 Å². The minimum atomic E-state index is -1.05. The number of carbonyl (C=O) groups is 2. The average Bonchev–Trinajstić information content (AvgIpc) is 3.03. The Morgan fingerprint density at radius 2 is 1.85 bits per heavy atom. The van der Waals surface area contributed by atoms with Crippen molar-refractivity contribution in [1.29, 1.82) is 0 Å². The van der Waals surface area contributed by atoms with E-state index in [2.05, 4.69) is 20.3 Å². The predicted octanol–water partition coefficient (Wildman–Crippen LogP) is 2.24. The molecule has 0 aliphatic carbocycles. The van der Waals surface area contributed by atoms with Crippen LogP contribution in [0.1, 0.15) is 36.7 Å². The van der Waals surface area contributed by atoms with Gasteiger partial charge in [-0.25, -0.2) is 14.4 Å². The van der Waals surface area contributed by atoms with Gasteiger partial charge in [-0.3, -0.25) is 9.88 Å². The maximum Gasteiger partial charge on any atom is 0.413 e. The van der Waals surface area contributed by atoms with E-state index in [0.29, 0.717) is 5.56 Å². The number of H-pyrrole nitrogens is 1. The number of nitrogens with one attached hydrogen (secondary N) is 2. The van der Waals surface area contributed by atoms with Gasteiger partial charge in [-0.15, -0.1) is 0 Å². The van der Waals surface area contributed by atoms with E-state index < -0.39 is 23.4 Å². The highest BCUT2D eigenvalue weighted by Gasteiger charge is 2.21. The Morgan fingerprint density at radius 1 is 1.15 bits per heavy atom. The molecule has 0 unspecified atom stereocenters. The number of anilines is 1. The van der Waals surface area contributed by atoms with E-state index in [4.69, 9.17) is 19.3 Å². The van der Waals surface area contributed by atoms with Crippen LogP contribution in [0.25, 0.3) is 11.2 Å². The van der Waals surface area contributed by atoms with Crippen LogP contribution in [0.15, 0.2) is 29.1 Å². The van der Waals surface area contributed by atoms with E-state index in [9.17, 15) is 14.4 Å². The van der Waals surface area contributed by atoms with Gasteiger partial charge in [-0.2, -0.15) is 9.97 Å². The van der Waals surface area contributed by atoms with Crippen molar-refractivity contribution < 1.29 is 28.9 Å². The lowest BCUT2D eigenvalue weighted by atomic mass is 10.1. The van der Waals surface area contributed by atoms with Crippen LogP contribution < -0.4 is 15.7 Å². The second-order valence-electron chi connectivity index (χ2n) is 8.04. The Morgan fingerprint density at radius 3 is 2.45 bits per heavy atom. The van der Waals surface area contributed by atoms with Crippen molar-refractivity contribution in [3.05, 3.63) is 45.9 Å². The Balaban J connectivity index is 2.00. The standard InChI is InChI=1S/C21H25N5O7/c1-21(2,3)33-20(30)24-15-14-16(25-18(23-15)32-10-9-31-4)26(19(29)22-14)11-12-5-7-13(8-6-12)17(27)28/h5-8H,9-11H2,1-4H3,(H,22,29)(H,27,28)(H,23,24,25,30). The molecule has 0 atom stereocenters. The summed E-state index contributed by atoms with van der Waals surface area (Å²) in [5.74, 6) is -1.03. The second kappa shape index (κ2) is 9.69. The normalized spacial score (nSPS) is 11.4. The molecule has 1 aromatic carbocycles. The summed E-state index contributed by atoms with van der Waals surface area (Å²) in [6.07, 6.45) is -0.761. The van der Waals surface area contributed by atoms with Crippen LogP contribution in [0.4, 0.5) is 10.6 Å². The number of rotatable bonds is 8. The Hall–Kier alpha value is -3.93. The molecule has 0 bridgehead atoms. The van der Waals surface area contributed by atoms with E-state index in [1.54, 1.807) is 32.9 Å². The minimum Gasteiger partial charge on any atom is -0.478 e. The largest absolute Gasteiger partial charge is 0.478 e.